The van der Waals surface area contributed by atoms with Crippen molar-refractivity contribution < 1.29 is 9.90 Å². The Morgan fingerprint density at radius 2 is 2.06 bits per heavy atom. The van der Waals surface area contributed by atoms with Gasteiger partial charge in [-0.2, -0.15) is 0 Å². The summed E-state index contributed by atoms with van der Waals surface area (Å²) in [6.07, 6.45) is 2.94. The average Bonchev–Trinajstić information content (AvgIpc) is 2.73. The third kappa shape index (κ3) is 2.44. The summed E-state index contributed by atoms with van der Waals surface area (Å²) in [6, 6.07) is 8.64. The number of carboxylic acids is 1. The van der Waals surface area contributed by atoms with E-state index in [9.17, 15) is 9.59 Å². The number of aliphatic carboxylic acids is 1. The molecule has 1 unspecified atom stereocenters. The first kappa shape index (κ1) is 11.2. The molecule has 0 spiro atoms. The van der Waals surface area contributed by atoms with Gasteiger partial charge in [-0.3, -0.25) is 9.36 Å². The number of hydrogen-bond donors (Lipinski definition) is 2. The molecule has 2 aromatic rings. The van der Waals surface area contributed by atoms with Gasteiger partial charge in [0.05, 0.1) is 12.5 Å². The Morgan fingerprint density at radius 3 is 2.59 bits per heavy atom. The molecule has 1 aromatic heterocycles. The van der Waals surface area contributed by atoms with E-state index in [-0.39, 0.29) is 12.1 Å². The summed E-state index contributed by atoms with van der Waals surface area (Å²) in [5.74, 6) is -0.938. The molecule has 0 aliphatic carbocycles. The molecule has 1 atom stereocenters. The molecule has 0 radical (unpaired) electrons. The second-order valence-electron chi connectivity index (χ2n) is 3.70. The zero-order valence-corrected chi connectivity index (χ0v) is 9.04. The maximum absolute atomic E-state index is 11.5. The maximum atomic E-state index is 11.5. The van der Waals surface area contributed by atoms with Gasteiger partial charge in [0, 0.05) is 12.4 Å². The summed E-state index contributed by atoms with van der Waals surface area (Å²) in [7, 11) is 0. The molecular formula is C12H12N2O3. The number of aromatic amines is 1. The molecule has 0 bridgehead atoms. The van der Waals surface area contributed by atoms with Crippen LogP contribution in [0.5, 0.6) is 0 Å². The number of H-pyrrole nitrogens is 1. The van der Waals surface area contributed by atoms with Gasteiger partial charge in [-0.1, -0.05) is 30.3 Å². The second-order valence-corrected chi connectivity index (χ2v) is 3.70. The monoisotopic (exact) mass is 232 g/mol. The van der Waals surface area contributed by atoms with Crippen LogP contribution in [0.3, 0.4) is 0 Å². The van der Waals surface area contributed by atoms with Gasteiger partial charge in [-0.05, 0) is 5.56 Å². The van der Waals surface area contributed by atoms with Crippen molar-refractivity contribution in [1.29, 1.82) is 0 Å². The minimum atomic E-state index is -0.938. The number of hydrogen-bond acceptors (Lipinski definition) is 2. The molecule has 88 valence electrons. The van der Waals surface area contributed by atoms with Crippen LogP contribution in [0.1, 0.15) is 18.0 Å². The van der Waals surface area contributed by atoms with E-state index in [1.165, 1.54) is 10.8 Å². The minimum Gasteiger partial charge on any atom is -0.481 e. The highest BCUT2D eigenvalue weighted by Crippen LogP contribution is 2.19. The standard InChI is InChI=1S/C12H12N2O3/c15-11(16)8-10(9-4-2-1-3-5-9)14-7-6-13-12(14)17/h1-7,10H,8H2,(H,13,17)(H,15,16). The van der Waals surface area contributed by atoms with Gasteiger partial charge in [-0.15, -0.1) is 0 Å². The van der Waals surface area contributed by atoms with Crippen LogP contribution in [-0.4, -0.2) is 20.6 Å². The van der Waals surface area contributed by atoms with Gasteiger partial charge >= 0.3 is 11.7 Å². The molecule has 5 heteroatoms. The van der Waals surface area contributed by atoms with Crippen LogP contribution >= 0.6 is 0 Å². The van der Waals surface area contributed by atoms with E-state index in [4.69, 9.17) is 5.11 Å². The van der Waals surface area contributed by atoms with Crippen molar-refractivity contribution >= 4 is 5.97 Å². The lowest BCUT2D eigenvalue weighted by Crippen LogP contribution is -2.24. The van der Waals surface area contributed by atoms with Gasteiger partial charge in [0.15, 0.2) is 0 Å². The molecule has 2 N–H and O–H groups in total. The van der Waals surface area contributed by atoms with E-state index >= 15 is 0 Å². The molecule has 0 saturated carbocycles. The first-order chi connectivity index (χ1) is 8.18. The smallest absolute Gasteiger partial charge is 0.326 e. The summed E-state index contributed by atoms with van der Waals surface area (Å²) in [4.78, 5) is 24.9. The van der Waals surface area contributed by atoms with E-state index in [0.717, 1.165) is 5.56 Å². The summed E-state index contributed by atoms with van der Waals surface area (Å²) in [6.45, 7) is 0. The van der Waals surface area contributed by atoms with Crippen LogP contribution in [0.25, 0.3) is 0 Å². The summed E-state index contributed by atoms with van der Waals surface area (Å²) in [5, 5.41) is 8.91. The third-order valence-corrected chi connectivity index (χ3v) is 2.56. The van der Waals surface area contributed by atoms with Gasteiger partial charge in [0.1, 0.15) is 0 Å². The highest BCUT2D eigenvalue weighted by molar-refractivity contribution is 5.68. The molecule has 1 heterocycles. The number of aromatic nitrogens is 2. The average molecular weight is 232 g/mol. The molecule has 0 aliphatic heterocycles. The highest BCUT2D eigenvalue weighted by Gasteiger charge is 2.18. The van der Waals surface area contributed by atoms with Crippen LogP contribution in [0.2, 0.25) is 0 Å². The van der Waals surface area contributed by atoms with Crippen molar-refractivity contribution in [1.82, 2.24) is 9.55 Å². The number of benzene rings is 1. The first-order valence-corrected chi connectivity index (χ1v) is 5.21. The predicted octanol–water partition coefficient (Wildman–Crippen LogP) is 1.24. The van der Waals surface area contributed by atoms with Gasteiger partial charge in [-0.25, -0.2) is 4.79 Å². The van der Waals surface area contributed by atoms with Gasteiger partial charge in [0.2, 0.25) is 0 Å². The molecule has 17 heavy (non-hydrogen) atoms. The third-order valence-electron chi connectivity index (χ3n) is 2.56. The Morgan fingerprint density at radius 1 is 1.35 bits per heavy atom. The number of carboxylic acid groups (broad SMARTS) is 1. The lowest BCUT2D eigenvalue weighted by molar-refractivity contribution is -0.137. The Hall–Kier alpha value is -2.30. The SMILES string of the molecule is O=C(O)CC(c1ccccc1)n1cc[nH]c1=O. The Kier molecular flexibility index (Phi) is 3.09. The fraction of sp³-hybridized carbons (Fsp3) is 0.167. The number of carbonyl (C=O) groups is 1. The second kappa shape index (κ2) is 4.69. The van der Waals surface area contributed by atoms with E-state index in [1.807, 2.05) is 30.3 Å². The van der Waals surface area contributed by atoms with Crippen LogP contribution < -0.4 is 5.69 Å². The molecule has 0 aliphatic rings. The minimum absolute atomic E-state index is 0.123. The summed E-state index contributed by atoms with van der Waals surface area (Å²) < 4.78 is 1.39. The Balaban J connectivity index is 2.43. The van der Waals surface area contributed by atoms with E-state index < -0.39 is 12.0 Å². The lowest BCUT2D eigenvalue weighted by atomic mass is 10.0. The van der Waals surface area contributed by atoms with Crippen molar-refractivity contribution in [2.45, 2.75) is 12.5 Å². The van der Waals surface area contributed by atoms with E-state index in [1.54, 1.807) is 6.20 Å². The molecule has 0 amide bonds. The fourth-order valence-electron chi connectivity index (χ4n) is 1.79. The predicted molar refractivity (Wildman–Crippen MR) is 61.9 cm³/mol. The fourth-order valence-corrected chi connectivity index (χ4v) is 1.79. The molecule has 0 fully saturated rings. The van der Waals surface area contributed by atoms with Crippen LogP contribution in [0.15, 0.2) is 47.5 Å². The van der Waals surface area contributed by atoms with Crippen LogP contribution in [0, 0.1) is 0 Å². The topological polar surface area (TPSA) is 75.1 Å². The summed E-state index contributed by atoms with van der Waals surface area (Å²) >= 11 is 0. The van der Waals surface area contributed by atoms with E-state index in [0.29, 0.717) is 0 Å². The molecular weight excluding hydrogens is 220 g/mol. The van der Waals surface area contributed by atoms with Gasteiger partial charge in [0.25, 0.3) is 0 Å². The first-order valence-electron chi connectivity index (χ1n) is 5.21. The molecule has 1 aromatic carbocycles. The Bertz CT molecular complexity index is 556. The summed E-state index contributed by atoms with van der Waals surface area (Å²) in [5.41, 5.74) is 0.497. The van der Waals surface area contributed by atoms with E-state index in [2.05, 4.69) is 4.98 Å². The molecule has 5 nitrogen and oxygen atoms in total. The number of nitrogens with zero attached hydrogens (tertiary/aromatic N) is 1. The Labute approximate surface area is 97.3 Å². The number of rotatable bonds is 4. The number of imidazole rings is 1. The normalized spacial score (nSPS) is 12.2. The van der Waals surface area contributed by atoms with Gasteiger partial charge < -0.3 is 10.1 Å². The van der Waals surface area contributed by atoms with Crippen molar-refractivity contribution in [3.05, 3.63) is 58.8 Å². The maximum Gasteiger partial charge on any atom is 0.326 e. The zero-order valence-electron chi connectivity index (χ0n) is 9.04. The molecule has 0 saturated heterocycles. The van der Waals surface area contributed by atoms with Crippen molar-refractivity contribution in [3.8, 4) is 0 Å². The van der Waals surface area contributed by atoms with Crippen molar-refractivity contribution in [2.75, 3.05) is 0 Å². The number of nitrogens with one attached hydrogen (secondary N) is 1. The lowest BCUT2D eigenvalue weighted by Gasteiger charge is -2.15. The quantitative estimate of drug-likeness (QED) is 0.832. The van der Waals surface area contributed by atoms with Crippen molar-refractivity contribution in [3.63, 3.8) is 0 Å². The van der Waals surface area contributed by atoms with Crippen molar-refractivity contribution in [2.24, 2.45) is 0 Å². The van der Waals surface area contributed by atoms with Crippen LogP contribution in [-0.2, 0) is 4.79 Å². The van der Waals surface area contributed by atoms with Crippen LogP contribution in [0.4, 0.5) is 0 Å². The zero-order chi connectivity index (χ0) is 12.3. The largest absolute Gasteiger partial charge is 0.481 e. The highest BCUT2D eigenvalue weighted by atomic mass is 16.4. The molecule has 2 rings (SSSR count).